The molecule has 7 heteroatoms. The van der Waals surface area contributed by atoms with Gasteiger partial charge in [0.1, 0.15) is 9.68 Å². The Balaban J connectivity index is 1.90. The van der Waals surface area contributed by atoms with Gasteiger partial charge in [0.05, 0.1) is 18.8 Å². The van der Waals surface area contributed by atoms with Crippen LogP contribution in [0.1, 0.15) is 47.5 Å². The van der Waals surface area contributed by atoms with Gasteiger partial charge in [-0.15, -0.1) is 23.5 Å². The summed E-state index contributed by atoms with van der Waals surface area (Å²) in [6.07, 6.45) is 0.992. The lowest BCUT2D eigenvalue weighted by Crippen LogP contribution is -2.62. The number of ether oxygens (including phenoxy) is 2. The first-order valence-electron chi connectivity index (χ1n) is 9.29. The minimum Gasteiger partial charge on any atom is -0.411 e. The quantitative estimate of drug-likeness (QED) is 0.693. The Labute approximate surface area is 162 Å². The van der Waals surface area contributed by atoms with Crippen LogP contribution in [0.25, 0.3) is 0 Å². The maximum absolute atomic E-state index is 11.2. The topological polar surface area (TPSA) is 47.9 Å². The molecule has 1 N–H and O–H groups in total. The molecule has 3 rings (SSSR count). The van der Waals surface area contributed by atoms with Crippen molar-refractivity contribution in [3.63, 3.8) is 0 Å². The van der Waals surface area contributed by atoms with Gasteiger partial charge < -0.3 is 19.0 Å². The zero-order chi connectivity index (χ0) is 18.7. The predicted octanol–water partition coefficient (Wildman–Crippen LogP) is 4.23. The Kier molecular flexibility index (Phi) is 5.24. The van der Waals surface area contributed by atoms with Crippen LogP contribution in [0.4, 0.5) is 0 Å². The molecule has 25 heavy (non-hydrogen) atoms. The summed E-state index contributed by atoms with van der Waals surface area (Å²) in [5, 5.41) is 11.3. The van der Waals surface area contributed by atoms with E-state index in [9.17, 15) is 5.11 Å². The third kappa shape index (κ3) is 3.71. The van der Waals surface area contributed by atoms with Crippen molar-refractivity contribution >= 4 is 31.8 Å². The van der Waals surface area contributed by atoms with Crippen molar-refractivity contribution in [2.45, 2.75) is 93.3 Å². The molecule has 146 valence electrons. The van der Waals surface area contributed by atoms with Crippen LogP contribution in [0.3, 0.4) is 0 Å². The fourth-order valence-corrected chi connectivity index (χ4v) is 8.67. The van der Waals surface area contributed by atoms with Crippen LogP contribution in [0.5, 0.6) is 0 Å². The van der Waals surface area contributed by atoms with Crippen LogP contribution in [-0.4, -0.2) is 59.2 Å². The zero-order valence-electron chi connectivity index (χ0n) is 16.7. The molecule has 1 saturated carbocycles. The highest BCUT2D eigenvalue weighted by Gasteiger charge is 2.62. The third-order valence-corrected chi connectivity index (χ3v) is 14.4. The first-order valence-corrected chi connectivity index (χ1v) is 14.2. The molecule has 0 amide bonds. The summed E-state index contributed by atoms with van der Waals surface area (Å²) in [4.78, 5) is 0. The van der Waals surface area contributed by atoms with Gasteiger partial charge in [-0.25, -0.2) is 0 Å². The van der Waals surface area contributed by atoms with Gasteiger partial charge in [-0.05, 0) is 32.0 Å². The van der Waals surface area contributed by atoms with Gasteiger partial charge in [0.15, 0.2) is 14.1 Å². The van der Waals surface area contributed by atoms with Gasteiger partial charge in [0.25, 0.3) is 0 Å². The van der Waals surface area contributed by atoms with Crippen LogP contribution in [-0.2, 0) is 13.9 Å². The fourth-order valence-electron chi connectivity index (χ4n) is 3.84. The predicted molar refractivity (Wildman–Crippen MR) is 109 cm³/mol. The number of aliphatic hydroxyl groups is 1. The summed E-state index contributed by atoms with van der Waals surface area (Å²) in [7, 11) is -1.95. The molecule has 3 aliphatic rings. The van der Waals surface area contributed by atoms with Crippen molar-refractivity contribution < 1.29 is 19.0 Å². The van der Waals surface area contributed by atoms with Crippen molar-refractivity contribution in [2.24, 2.45) is 0 Å². The molecule has 0 aromatic carbocycles. The van der Waals surface area contributed by atoms with Crippen molar-refractivity contribution in [2.75, 3.05) is 18.1 Å². The largest absolute Gasteiger partial charge is 0.411 e. The molecule has 1 aliphatic carbocycles. The molecular formula is C18H34O4S2Si. The van der Waals surface area contributed by atoms with Crippen molar-refractivity contribution in [1.29, 1.82) is 0 Å². The van der Waals surface area contributed by atoms with Crippen molar-refractivity contribution in [3.05, 3.63) is 0 Å². The lowest BCUT2D eigenvalue weighted by molar-refractivity contribution is -0.182. The number of hydrogen-bond acceptors (Lipinski definition) is 6. The number of rotatable bonds is 2. The van der Waals surface area contributed by atoms with Gasteiger partial charge >= 0.3 is 0 Å². The SMILES string of the molecule is CC1(C)OC[C@]2(C[C@@H](O)C3(SCCS3)[C@H](O[Si](C)(C)C(C)(C)C)C2)O1. The molecule has 0 aromatic heterocycles. The molecule has 3 fully saturated rings. The Morgan fingerprint density at radius 2 is 1.72 bits per heavy atom. The number of hydrogen-bond donors (Lipinski definition) is 1. The van der Waals surface area contributed by atoms with Crippen molar-refractivity contribution in [3.8, 4) is 0 Å². The highest BCUT2D eigenvalue weighted by atomic mass is 32.2. The molecule has 3 atom stereocenters. The van der Waals surface area contributed by atoms with Crippen molar-refractivity contribution in [1.82, 2.24) is 0 Å². The van der Waals surface area contributed by atoms with Gasteiger partial charge in [-0.1, -0.05) is 20.8 Å². The molecule has 0 bridgehead atoms. The Hall–Kier alpha value is 0.757. The van der Waals surface area contributed by atoms with Gasteiger partial charge in [-0.2, -0.15) is 0 Å². The van der Waals surface area contributed by atoms with Crippen LogP contribution < -0.4 is 0 Å². The Morgan fingerprint density at radius 3 is 2.20 bits per heavy atom. The second-order valence-electron chi connectivity index (χ2n) is 9.68. The van der Waals surface area contributed by atoms with E-state index < -0.39 is 25.8 Å². The lowest BCUT2D eigenvalue weighted by Gasteiger charge is -2.53. The Morgan fingerprint density at radius 1 is 1.12 bits per heavy atom. The van der Waals surface area contributed by atoms with E-state index in [1.54, 1.807) is 0 Å². The standard InChI is InChI=1S/C18H34O4S2Si/c1-15(2,3)25(6,7)21-14-11-17(12-20-16(4,5)22-17)10-13(19)18(14)23-8-9-24-18/h13-14,19H,8-12H2,1-7H3/t13-,14-,17-/m1/s1. The maximum atomic E-state index is 11.2. The van der Waals surface area contributed by atoms with E-state index in [1.807, 2.05) is 37.4 Å². The Bertz CT molecular complexity index is 514. The molecule has 2 saturated heterocycles. The normalized spacial score (nSPS) is 37.9. The molecule has 4 nitrogen and oxygen atoms in total. The summed E-state index contributed by atoms with van der Waals surface area (Å²) in [6.45, 7) is 15.9. The molecule has 2 aliphatic heterocycles. The number of aliphatic hydroxyl groups excluding tert-OH is 1. The first kappa shape index (κ1) is 20.5. The average molecular weight is 407 g/mol. The monoisotopic (exact) mass is 406 g/mol. The van der Waals surface area contributed by atoms with Gasteiger partial charge in [-0.3, -0.25) is 0 Å². The molecule has 0 unspecified atom stereocenters. The number of thioether (sulfide) groups is 2. The maximum Gasteiger partial charge on any atom is 0.192 e. The van der Waals surface area contributed by atoms with E-state index in [0.717, 1.165) is 17.9 Å². The van der Waals surface area contributed by atoms with E-state index >= 15 is 0 Å². The summed E-state index contributed by atoms with van der Waals surface area (Å²) in [5.74, 6) is 1.57. The first-order chi connectivity index (χ1) is 11.3. The third-order valence-electron chi connectivity index (χ3n) is 6.16. The zero-order valence-corrected chi connectivity index (χ0v) is 19.3. The van der Waals surface area contributed by atoms with Crippen LogP contribution in [0, 0.1) is 0 Å². The van der Waals surface area contributed by atoms with E-state index in [4.69, 9.17) is 13.9 Å². The molecule has 2 spiro atoms. The highest BCUT2D eigenvalue weighted by molar-refractivity contribution is 8.21. The second-order valence-corrected chi connectivity index (χ2v) is 17.4. The van der Waals surface area contributed by atoms with E-state index in [-0.39, 0.29) is 15.2 Å². The van der Waals surface area contributed by atoms with E-state index in [2.05, 4.69) is 33.9 Å². The van der Waals surface area contributed by atoms with E-state index in [1.165, 1.54) is 0 Å². The summed E-state index contributed by atoms with van der Waals surface area (Å²) >= 11 is 3.78. The van der Waals surface area contributed by atoms with Gasteiger partial charge in [0.2, 0.25) is 0 Å². The summed E-state index contributed by atoms with van der Waals surface area (Å²) in [5.41, 5.74) is -0.426. The second kappa shape index (κ2) is 6.39. The summed E-state index contributed by atoms with van der Waals surface area (Å²) < 4.78 is 18.9. The lowest BCUT2D eigenvalue weighted by atomic mass is 9.81. The van der Waals surface area contributed by atoms with Crippen LogP contribution >= 0.6 is 23.5 Å². The van der Waals surface area contributed by atoms with E-state index in [0.29, 0.717) is 13.0 Å². The minimum atomic E-state index is -1.95. The molecule has 0 aromatic rings. The molecule has 2 heterocycles. The van der Waals surface area contributed by atoms with Gasteiger partial charge in [0, 0.05) is 24.3 Å². The molecular weight excluding hydrogens is 372 g/mol. The smallest absolute Gasteiger partial charge is 0.192 e. The fraction of sp³-hybridized carbons (Fsp3) is 1.00. The molecule has 0 radical (unpaired) electrons. The average Bonchev–Trinajstić information content (AvgIpc) is 3.01. The van der Waals surface area contributed by atoms with Crippen LogP contribution in [0.15, 0.2) is 0 Å². The minimum absolute atomic E-state index is 0.00728. The van der Waals surface area contributed by atoms with Crippen LogP contribution in [0.2, 0.25) is 18.1 Å². The highest BCUT2D eigenvalue weighted by Crippen LogP contribution is 2.59. The summed E-state index contributed by atoms with van der Waals surface area (Å²) in [6, 6.07) is 0.